The normalized spacial score (nSPS) is 27.0. The highest BCUT2D eigenvalue weighted by atomic mass is 32.2. The van der Waals surface area contributed by atoms with Gasteiger partial charge >= 0.3 is 0 Å². The Bertz CT molecular complexity index is 606. The molecule has 2 atom stereocenters. The van der Waals surface area contributed by atoms with Gasteiger partial charge < -0.3 is 5.32 Å². The Hall–Kier alpha value is -0.910. The van der Waals surface area contributed by atoms with Gasteiger partial charge in [0.15, 0.2) is 0 Å². The van der Waals surface area contributed by atoms with E-state index in [9.17, 15) is 8.42 Å². The van der Waals surface area contributed by atoms with Crippen LogP contribution in [0.1, 0.15) is 56.9 Å². The lowest BCUT2D eigenvalue weighted by molar-refractivity contribution is 0.328. The van der Waals surface area contributed by atoms with E-state index in [0.29, 0.717) is 16.7 Å². The molecule has 2 unspecified atom stereocenters. The summed E-state index contributed by atoms with van der Waals surface area (Å²) in [5.41, 5.74) is 1.29. The summed E-state index contributed by atoms with van der Waals surface area (Å²) in [6.07, 6.45) is 7.23. The van der Waals surface area contributed by atoms with Crippen LogP contribution in [0.2, 0.25) is 0 Å². The third-order valence-electron chi connectivity index (χ3n) is 5.36. The van der Waals surface area contributed by atoms with Crippen LogP contribution in [0.4, 0.5) is 0 Å². The molecule has 0 aromatic heterocycles. The highest BCUT2D eigenvalue weighted by Gasteiger charge is 2.26. The fourth-order valence-electron chi connectivity index (χ4n) is 3.81. The zero-order valence-corrected chi connectivity index (χ0v) is 14.7. The van der Waals surface area contributed by atoms with Gasteiger partial charge in [0.2, 0.25) is 10.0 Å². The van der Waals surface area contributed by atoms with Crippen molar-refractivity contribution in [2.24, 2.45) is 5.92 Å². The second-order valence-corrected chi connectivity index (χ2v) is 8.82. The molecular formula is C18H28N2O2S. The van der Waals surface area contributed by atoms with Crippen molar-refractivity contribution < 1.29 is 8.42 Å². The average Bonchev–Trinajstić information content (AvgIpc) is 2.58. The number of hydrogen-bond acceptors (Lipinski definition) is 3. The van der Waals surface area contributed by atoms with Crippen molar-refractivity contribution in [1.82, 2.24) is 10.0 Å². The standard InChI is InChI=1S/C18H28N2O2S/c1-14-13-19-12-11-18(14)20-23(21,22)17-9-7-16(8-10-17)15-5-3-2-4-6-15/h7-10,14-15,18-20H,2-6,11-13H2,1H3. The molecule has 3 rings (SSSR count). The van der Waals surface area contributed by atoms with Gasteiger partial charge in [-0.05, 0) is 61.9 Å². The molecule has 4 nitrogen and oxygen atoms in total. The lowest BCUT2D eigenvalue weighted by Gasteiger charge is -2.30. The number of hydrogen-bond donors (Lipinski definition) is 2. The van der Waals surface area contributed by atoms with Gasteiger partial charge in [0.05, 0.1) is 4.90 Å². The Morgan fingerprint density at radius 3 is 2.39 bits per heavy atom. The number of sulfonamides is 1. The fraction of sp³-hybridized carbons (Fsp3) is 0.667. The Kier molecular flexibility index (Phi) is 5.39. The second kappa shape index (κ2) is 7.32. The molecule has 1 aliphatic carbocycles. The van der Waals surface area contributed by atoms with Crippen molar-refractivity contribution >= 4 is 10.0 Å². The van der Waals surface area contributed by atoms with E-state index in [2.05, 4.69) is 17.0 Å². The van der Waals surface area contributed by atoms with Gasteiger partial charge in [0.25, 0.3) is 0 Å². The first-order valence-corrected chi connectivity index (χ1v) is 10.4. The Labute approximate surface area is 140 Å². The van der Waals surface area contributed by atoms with Crippen molar-refractivity contribution in [2.75, 3.05) is 13.1 Å². The van der Waals surface area contributed by atoms with E-state index in [1.807, 2.05) is 12.1 Å². The zero-order valence-electron chi connectivity index (χ0n) is 13.9. The van der Waals surface area contributed by atoms with E-state index in [-0.39, 0.29) is 6.04 Å². The van der Waals surface area contributed by atoms with Crippen molar-refractivity contribution in [2.45, 2.75) is 62.3 Å². The molecule has 1 aliphatic heterocycles. The number of benzene rings is 1. The average molecular weight is 337 g/mol. The molecule has 5 heteroatoms. The van der Waals surface area contributed by atoms with Gasteiger partial charge in [0, 0.05) is 6.04 Å². The van der Waals surface area contributed by atoms with Crippen LogP contribution in [-0.4, -0.2) is 27.5 Å². The van der Waals surface area contributed by atoms with Crippen molar-refractivity contribution in [3.8, 4) is 0 Å². The van der Waals surface area contributed by atoms with Crippen LogP contribution in [0.25, 0.3) is 0 Å². The van der Waals surface area contributed by atoms with Gasteiger partial charge in [-0.2, -0.15) is 0 Å². The minimum Gasteiger partial charge on any atom is -0.316 e. The van der Waals surface area contributed by atoms with Crippen LogP contribution < -0.4 is 10.0 Å². The van der Waals surface area contributed by atoms with Gasteiger partial charge in [-0.15, -0.1) is 0 Å². The van der Waals surface area contributed by atoms with E-state index in [0.717, 1.165) is 19.5 Å². The number of rotatable bonds is 4. The summed E-state index contributed by atoms with van der Waals surface area (Å²) in [7, 11) is -3.42. The summed E-state index contributed by atoms with van der Waals surface area (Å²) >= 11 is 0. The van der Waals surface area contributed by atoms with Crippen LogP contribution in [0, 0.1) is 5.92 Å². The molecule has 0 spiro atoms. The molecular weight excluding hydrogens is 308 g/mol. The monoisotopic (exact) mass is 336 g/mol. The summed E-state index contributed by atoms with van der Waals surface area (Å²) in [5, 5.41) is 3.30. The van der Waals surface area contributed by atoms with Gasteiger partial charge in [-0.25, -0.2) is 13.1 Å². The maximum Gasteiger partial charge on any atom is 0.240 e. The molecule has 2 fully saturated rings. The van der Waals surface area contributed by atoms with Crippen LogP contribution >= 0.6 is 0 Å². The highest BCUT2D eigenvalue weighted by molar-refractivity contribution is 7.89. The summed E-state index contributed by atoms with van der Waals surface area (Å²) in [4.78, 5) is 0.391. The Balaban J connectivity index is 1.69. The summed E-state index contributed by atoms with van der Waals surface area (Å²) < 4.78 is 28.1. The SMILES string of the molecule is CC1CNCCC1NS(=O)(=O)c1ccc(C2CCCCC2)cc1. The van der Waals surface area contributed by atoms with E-state index >= 15 is 0 Å². The summed E-state index contributed by atoms with van der Waals surface area (Å²) in [6.45, 7) is 3.83. The molecule has 2 N–H and O–H groups in total. The first kappa shape index (κ1) is 16.9. The van der Waals surface area contributed by atoms with E-state index in [1.165, 1.54) is 37.7 Å². The molecule has 1 saturated heterocycles. The highest BCUT2D eigenvalue weighted by Crippen LogP contribution is 2.32. The molecule has 1 aromatic carbocycles. The first-order chi connectivity index (χ1) is 11.1. The Morgan fingerprint density at radius 2 is 1.74 bits per heavy atom. The minimum absolute atomic E-state index is 0.0271. The lowest BCUT2D eigenvalue weighted by Crippen LogP contribution is -2.48. The third kappa shape index (κ3) is 4.14. The molecule has 23 heavy (non-hydrogen) atoms. The third-order valence-corrected chi connectivity index (χ3v) is 6.86. The molecule has 0 radical (unpaired) electrons. The van der Waals surface area contributed by atoms with E-state index in [4.69, 9.17) is 0 Å². The minimum atomic E-state index is -3.42. The van der Waals surface area contributed by atoms with E-state index in [1.54, 1.807) is 12.1 Å². The molecule has 1 saturated carbocycles. The fourth-order valence-corrected chi connectivity index (χ4v) is 5.19. The number of nitrogens with one attached hydrogen (secondary N) is 2. The molecule has 1 aromatic rings. The van der Waals surface area contributed by atoms with Crippen molar-refractivity contribution in [3.05, 3.63) is 29.8 Å². The predicted molar refractivity (Wildman–Crippen MR) is 93.0 cm³/mol. The summed E-state index contributed by atoms with van der Waals surface area (Å²) in [5.74, 6) is 0.929. The maximum atomic E-state index is 12.6. The van der Waals surface area contributed by atoms with Gasteiger partial charge in [-0.1, -0.05) is 38.3 Å². The van der Waals surface area contributed by atoms with Crippen molar-refractivity contribution in [1.29, 1.82) is 0 Å². The van der Waals surface area contributed by atoms with Crippen LogP contribution in [0.15, 0.2) is 29.2 Å². The van der Waals surface area contributed by atoms with Crippen LogP contribution in [-0.2, 0) is 10.0 Å². The lowest BCUT2D eigenvalue weighted by atomic mass is 9.84. The quantitative estimate of drug-likeness (QED) is 0.888. The maximum absolute atomic E-state index is 12.6. The molecule has 0 bridgehead atoms. The summed E-state index contributed by atoms with van der Waals surface area (Å²) in [6, 6.07) is 7.60. The molecule has 128 valence electrons. The van der Waals surface area contributed by atoms with Crippen molar-refractivity contribution in [3.63, 3.8) is 0 Å². The van der Waals surface area contributed by atoms with Crippen LogP contribution in [0.3, 0.4) is 0 Å². The molecule has 2 aliphatic rings. The Morgan fingerprint density at radius 1 is 1.04 bits per heavy atom. The topological polar surface area (TPSA) is 58.2 Å². The zero-order chi connectivity index (χ0) is 16.3. The van der Waals surface area contributed by atoms with Gasteiger partial charge in [-0.3, -0.25) is 0 Å². The molecule has 0 amide bonds. The van der Waals surface area contributed by atoms with E-state index < -0.39 is 10.0 Å². The largest absolute Gasteiger partial charge is 0.316 e. The van der Waals surface area contributed by atoms with Crippen LogP contribution in [0.5, 0.6) is 0 Å². The molecule has 1 heterocycles. The number of piperidine rings is 1. The second-order valence-electron chi connectivity index (χ2n) is 7.10. The first-order valence-electron chi connectivity index (χ1n) is 8.89. The predicted octanol–water partition coefficient (Wildman–Crippen LogP) is 3.01. The smallest absolute Gasteiger partial charge is 0.240 e. The van der Waals surface area contributed by atoms with Gasteiger partial charge in [0.1, 0.15) is 0 Å².